The van der Waals surface area contributed by atoms with Crippen molar-refractivity contribution in [2.24, 2.45) is 0 Å². The topological polar surface area (TPSA) is 60.2 Å². The van der Waals surface area contributed by atoms with Gasteiger partial charge in [-0.2, -0.15) is 16.7 Å². The number of hydrogen-bond acceptors (Lipinski definition) is 6. The summed E-state index contributed by atoms with van der Waals surface area (Å²) in [6.07, 6.45) is -0.0842. The number of hydrogen-bond donors (Lipinski definition) is 1. The maximum Gasteiger partial charge on any atom is 0.257 e. The first-order chi connectivity index (χ1) is 7.75. The molecule has 1 fully saturated rings. The Morgan fingerprint density at radius 2 is 2.44 bits per heavy atom. The first kappa shape index (κ1) is 11.9. The third-order valence-electron chi connectivity index (χ3n) is 2.23. The minimum atomic E-state index is -0.0842. The van der Waals surface area contributed by atoms with Crippen LogP contribution in [0.25, 0.3) is 0 Å². The number of thioether (sulfide) groups is 1. The van der Waals surface area contributed by atoms with Crippen molar-refractivity contribution in [2.45, 2.75) is 31.0 Å². The van der Waals surface area contributed by atoms with Gasteiger partial charge in [-0.3, -0.25) is 0 Å². The van der Waals surface area contributed by atoms with E-state index in [9.17, 15) is 0 Å². The maximum absolute atomic E-state index is 5.54. The molecule has 1 aromatic rings. The SMILES string of the molecule is CC(C)SCc1noc(C2CNCCO2)n1. The molecule has 0 radical (unpaired) electrons. The van der Waals surface area contributed by atoms with E-state index < -0.39 is 0 Å². The zero-order valence-corrected chi connectivity index (χ0v) is 10.4. The molecular weight excluding hydrogens is 226 g/mol. The summed E-state index contributed by atoms with van der Waals surface area (Å²) in [6.45, 7) is 6.64. The first-order valence-electron chi connectivity index (χ1n) is 5.52. The quantitative estimate of drug-likeness (QED) is 0.862. The molecule has 0 bridgehead atoms. The average Bonchev–Trinajstić information content (AvgIpc) is 2.76. The van der Waals surface area contributed by atoms with E-state index in [0.29, 0.717) is 17.7 Å². The summed E-state index contributed by atoms with van der Waals surface area (Å²) in [6, 6.07) is 0. The molecule has 1 aliphatic heterocycles. The number of aromatic nitrogens is 2. The van der Waals surface area contributed by atoms with Gasteiger partial charge in [0.15, 0.2) is 5.82 Å². The maximum atomic E-state index is 5.54. The first-order valence-corrected chi connectivity index (χ1v) is 6.57. The van der Waals surface area contributed by atoms with E-state index in [0.717, 1.165) is 24.7 Å². The number of ether oxygens (including phenoxy) is 1. The van der Waals surface area contributed by atoms with E-state index >= 15 is 0 Å². The summed E-state index contributed by atoms with van der Waals surface area (Å²) in [5.41, 5.74) is 0. The molecule has 0 aliphatic carbocycles. The van der Waals surface area contributed by atoms with Gasteiger partial charge >= 0.3 is 0 Å². The molecule has 0 amide bonds. The van der Waals surface area contributed by atoms with E-state index in [4.69, 9.17) is 9.26 Å². The highest BCUT2D eigenvalue weighted by molar-refractivity contribution is 7.99. The molecule has 1 unspecified atom stereocenters. The van der Waals surface area contributed by atoms with Crippen LogP contribution in [0.2, 0.25) is 0 Å². The lowest BCUT2D eigenvalue weighted by molar-refractivity contribution is 0.00755. The van der Waals surface area contributed by atoms with Gasteiger partial charge in [0.2, 0.25) is 0 Å². The predicted molar refractivity (Wildman–Crippen MR) is 62.3 cm³/mol. The Morgan fingerprint density at radius 3 is 3.12 bits per heavy atom. The Morgan fingerprint density at radius 1 is 1.56 bits per heavy atom. The molecule has 0 aromatic carbocycles. The second kappa shape index (κ2) is 5.65. The van der Waals surface area contributed by atoms with E-state index in [1.807, 2.05) is 0 Å². The molecule has 90 valence electrons. The zero-order chi connectivity index (χ0) is 11.4. The van der Waals surface area contributed by atoms with Crippen molar-refractivity contribution >= 4 is 11.8 Å². The van der Waals surface area contributed by atoms with Crippen molar-refractivity contribution < 1.29 is 9.26 Å². The number of nitrogens with zero attached hydrogens (tertiary/aromatic N) is 2. The van der Waals surface area contributed by atoms with Crippen LogP contribution in [-0.2, 0) is 10.5 Å². The van der Waals surface area contributed by atoms with Crippen LogP contribution in [0.15, 0.2) is 4.52 Å². The summed E-state index contributed by atoms with van der Waals surface area (Å²) in [7, 11) is 0. The van der Waals surface area contributed by atoms with Crippen molar-refractivity contribution in [3.05, 3.63) is 11.7 Å². The van der Waals surface area contributed by atoms with Gasteiger partial charge in [-0.15, -0.1) is 0 Å². The fourth-order valence-electron chi connectivity index (χ4n) is 1.42. The van der Waals surface area contributed by atoms with Crippen molar-refractivity contribution in [2.75, 3.05) is 19.7 Å². The molecule has 6 heteroatoms. The average molecular weight is 243 g/mol. The second-order valence-electron chi connectivity index (χ2n) is 3.97. The Labute approximate surface area is 99.3 Å². The summed E-state index contributed by atoms with van der Waals surface area (Å²) in [5, 5.41) is 7.76. The third-order valence-corrected chi connectivity index (χ3v) is 3.32. The Bertz CT molecular complexity index is 324. The van der Waals surface area contributed by atoms with Crippen molar-refractivity contribution in [3.63, 3.8) is 0 Å². The normalized spacial score (nSPS) is 21.6. The van der Waals surface area contributed by atoms with Gasteiger partial charge in [0.05, 0.1) is 12.4 Å². The highest BCUT2D eigenvalue weighted by atomic mass is 32.2. The van der Waals surface area contributed by atoms with Crippen LogP contribution in [0.5, 0.6) is 0 Å². The van der Waals surface area contributed by atoms with E-state index in [-0.39, 0.29) is 6.10 Å². The Kier molecular flexibility index (Phi) is 4.20. The Balaban J connectivity index is 1.90. The summed E-state index contributed by atoms with van der Waals surface area (Å²) >= 11 is 1.80. The van der Waals surface area contributed by atoms with Gasteiger partial charge in [0.25, 0.3) is 5.89 Å². The fourth-order valence-corrected chi connectivity index (χ4v) is 2.02. The van der Waals surface area contributed by atoms with Crippen LogP contribution in [0.4, 0.5) is 0 Å². The van der Waals surface area contributed by atoms with Crippen LogP contribution in [0, 0.1) is 0 Å². The standard InChI is InChI=1S/C10H17N3O2S/c1-7(2)16-6-9-12-10(15-13-9)8-5-11-3-4-14-8/h7-8,11H,3-6H2,1-2H3. The molecular formula is C10H17N3O2S. The zero-order valence-electron chi connectivity index (χ0n) is 9.60. The molecule has 16 heavy (non-hydrogen) atoms. The minimum absolute atomic E-state index is 0.0842. The minimum Gasteiger partial charge on any atom is -0.366 e. The van der Waals surface area contributed by atoms with Crippen molar-refractivity contribution in [1.82, 2.24) is 15.5 Å². The van der Waals surface area contributed by atoms with Crippen LogP contribution >= 0.6 is 11.8 Å². The van der Waals surface area contributed by atoms with Gasteiger partial charge < -0.3 is 14.6 Å². The molecule has 0 saturated carbocycles. The summed E-state index contributed by atoms with van der Waals surface area (Å²) in [5.74, 6) is 2.14. The Hall–Kier alpha value is -0.590. The molecule has 1 saturated heterocycles. The molecule has 1 aromatic heterocycles. The molecule has 2 rings (SSSR count). The molecule has 0 spiro atoms. The highest BCUT2D eigenvalue weighted by Crippen LogP contribution is 2.19. The molecule has 1 N–H and O–H groups in total. The van der Waals surface area contributed by atoms with Gasteiger partial charge in [-0.05, 0) is 5.25 Å². The third kappa shape index (κ3) is 3.20. The van der Waals surface area contributed by atoms with Crippen LogP contribution in [-0.4, -0.2) is 35.1 Å². The second-order valence-corrected chi connectivity index (χ2v) is 5.54. The van der Waals surface area contributed by atoms with Crippen molar-refractivity contribution in [3.8, 4) is 0 Å². The van der Waals surface area contributed by atoms with Gasteiger partial charge in [-0.25, -0.2) is 0 Å². The van der Waals surface area contributed by atoms with E-state index in [1.165, 1.54) is 0 Å². The van der Waals surface area contributed by atoms with Crippen LogP contribution < -0.4 is 5.32 Å². The van der Waals surface area contributed by atoms with Crippen LogP contribution in [0.1, 0.15) is 31.7 Å². The molecule has 1 atom stereocenters. The van der Waals surface area contributed by atoms with Gasteiger partial charge in [0, 0.05) is 13.1 Å². The molecule has 1 aliphatic rings. The summed E-state index contributed by atoms with van der Waals surface area (Å²) in [4.78, 5) is 4.34. The van der Waals surface area contributed by atoms with Crippen LogP contribution in [0.3, 0.4) is 0 Å². The molecule has 2 heterocycles. The number of morpholine rings is 1. The smallest absolute Gasteiger partial charge is 0.257 e. The lowest BCUT2D eigenvalue weighted by Gasteiger charge is -2.19. The van der Waals surface area contributed by atoms with E-state index in [2.05, 4.69) is 29.3 Å². The number of rotatable bonds is 4. The fraction of sp³-hybridized carbons (Fsp3) is 0.800. The van der Waals surface area contributed by atoms with Gasteiger partial charge in [-0.1, -0.05) is 19.0 Å². The monoisotopic (exact) mass is 243 g/mol. The lowest BCUT2D eigenvalue weighted by atomic mass is 10.3. The largest absolute Gasteiger partial charge is 0.366 e. The summed E-state index contributed by atoms with van der Waals surface area (Å²) < 4.78 is 10.7. The van der Waals surface area contributed by atoms with E-state index in [1.54, 1.807) is 11.8 Å². The molecule has 5 nitrogen and oxygen atoms in total. The van der Waals surface area contributed by atoms with Gasteiger partial charge in [0.1, 0.15) is 6.10 Å². The number of nitrogens with one attached hydrogen (secondary N) is 1. The van der Waals surface area contributed by atoms with Crippen molar-refractivity contribution in [1.29, 1.82) is 0 Å². The predicted octanol–water partition coefficient (Wildman–Crippen LogP) is 1.37. The lowest BCUT2D eigenvalue weighted by Crippen LogP contribution is -2.33. The highest BCUT2D eigenvalue weighted by Gasteiger charge is 2.22.